The molecule has 0 atom stereocenters. The number of methoxy groups -OCH3 is 1. The Hall–Kier alpha value is -2.24. The lowest BCUT2D eigenvalue weighted by Gasteiger charge is -2.20. The average Bonchev–Trinajstić information content (AvgIpc) is 2.27. The summed E-state index contributed by atoms with van der Waals surface area (Å²) in [5.74, 6) is -0.178. The molecule has 0 aliphatic carbocycles. The van der Waals surface area contributed by atoms with Gasteiger partial charge in [0.2, 0.25) is 0 Å². The van der Waals surface area contributed by atoms with Crippen LogP contribution < -0.4 is 10.1 Å². The van der Waals surface area contributed by atoms with E-state index in [-0.39, 0.29) is 22.7 Å². The van der Waals surface area contributed by atoms with Crippen LogP contribution in [0.2, 0.25) is 0 Å². The Balaban J connectivity index is 2.99. The Morgan fingerprint density at radius 2 is 2.00 bits per heavy atom. The van der Waals surface area contributed by atoms with Gasteiger partial charge in [-0.15, -0.1) is 0 Å². The van der Waals surface area contributed by atoms with Gasteiger partial charge in [0.25, 0.3) is 0 Å². The molecule has 1 amide bonds. The lowest BCUT2D eigenvalue weighted by Crippen LogP contribution is -2.27. The van der Waals surface area contributed by atoms with Gasteiger partial charge in [0.1, 0.15) is 5.60 Å². The number of carbonyl (C=O) groups excluding carboxylic acids is 2. The topological polar surface area (TPSA) is 84.9 Å². The molecule has 0 unspecified atom stereocenters. The lowest BCUT2D eigenvalue weighted by atomic mass is 10.1. The number of aromatic hydroxyl groups is 1. The molecule has 104 valence electrons. The molecule has 2 N–H and O–H groups in total. The monoisotopic (exact) mass is 267 g/mol. The SMILES string of the molecule is COc1ccc(NC(=O)OC(C)(C)C)c(C=O)c1O. The molecule has 0 saturated carbocycles. The van der Waals surface area contributed by atoms with Crippen molar-refractivity contribution < 1.29 is 24.2 Å². The molecule has 19 heavy (non-hydrogen) atoms. The van der Waals surface area contributed by atoms with Crippen LogP contribution in [0.25, 0.3) is 0 Å². The maximum atomic E-state index is 11.6. The fourth-order valence-electron chi connectivity index (χ4n) is 1.39. The molecule has 0 radical (unpaired) electrons. The Bertz CT molecular complexity index is 491. The maximum Gasteiger partial charge on any atom is 0.412 e. The molecule has 0 heterocycles. The molecular weight excluding hydrogens is 250 g/mol. The standard InChI is InChI=1S/C13H17NO5/c1-13(2,3)19-12(17)14-9-5-6-10(18-4)11(16)8(9)7-15/h5-7,16H,1-4H3,(H,14,17). The summed E-state index contributed by atoms with van der Waals surface area (Å²) >= 11 is 0. The first-order valence-electron chi connectivity index (χ1n) is 5.63. The molecule has 0 bridgehead atoms. The van der Waals surface area contributed by atoms with Crippen LogP contribution >= 0.6 is 0 Å². The number of hydrogen-bond acceptors (Lipinski definition) is 5. The smallest absolute Gasteiger partial charge is 0.412 e. The van der Waals surface area contributed by atoms with Crippen LogP contribution in [-0.2, 0) is 4.74 Å². The zero-order chi connectivity index (χ0) is 14.6. The zero-order valence-electron chi connectivity index (χ0n) is 11.3. The van der Waals surface area contributed by atoms with E-state index in [4.69, 9.17) is 9.47 Å². The second-order valence-electron chi connectivity index (χ2n) is 4.82. The molecule has 1 aromatic carbocycles. The van der Waals surface area contributed by atoms with Gasteiger partial charge in [-0.3, -0.25) is 10.1 Å². The molecule has 0 spiro atoms. The number of rotatable bonds is 3. The number of ether oxygens (including phenoxy) is 2. The van der Waals surface area contributed by atoms with Gasteiger partial charge >= 0.3 is 6.09 Å². The molecule has 6 nitrogen and oxygen atoms in total. The fourth-order valence-corrected chi connectivity index (χ4v) is 1.39. The van der Waals surface area contributed by atoms with Gasteiger partial charge in [0, 0.05) is 0 Å². The number of carbonyl (C=O) groups is 2. The van der Waals surface area contributed by atoms with Crippen LogP contribution in [0.3, 0.4) is 0 Å². The van der Waals surface area contributed by atoms with Crippen molar-refractivity contribution in [3.8, 4) is 11.5 Å². The molecule has 0 aromatic heterocycles. The van der Waals surface area contributed by atoms with Crippen LogP contribution in [0.15, 0.2) is 12.1 Å². The third kappa shape index (κ3) is 3.87. The Labute approximate surface area is 111 Å². The molecule has 0 aliphatic heterocycles. The van der Waals surface area contributed by atoms with E-state index in [1.54, 1.807) is 20.8 Å². The van der Waals surface area contributed by atoms with E-state index in [1.165, 1.54) is 19.2 Å². The molecular formula is C13H17NO5. The van der Waals surface area contributed by atoms with Crippen molar-refractivity contribution in [1.29, 1.82) is 0 Å². The minimum absolute atomic E-state index is 0.0646. The number of phenols is 1. The van der Waals surface area contributed by atoms with Crippen LogP contribution in [0, 0.1) is 0 Å². The number of anilines is 1. The first-order chi connectivity index (χ1) is 8.78. The zero-order valence-corrected chi connectivity index (χ0v) is 11.3. The summed E-state index contributed by atoms with van der Waals surface area (Å²) in [5, 5.41) is 12.2. The van der Waals surface area contributed by atoms with Crippen molar-refractivity contribution in [1.82, 2.24) is 0 Å². The van der Waals surface area contributed by atoms with Crippen molar-refractivity contribution in [2.75, 3.05) is 12.4 Å². The fraction of sp³-hybridized carbons (Fsp3) is 0.385. The quantitative estimate of drug-likeness (QED) is 0.822. The summed E-state index contributed by atoms with van der Waals surface area (Å²) in [5.41, 5.74) is -0.562. The number of phenolic OH excluding ortho intramolecular Hbond substituents is 1. The second-order valence-corrected chi connectivity index (χ2v) is 4.82. The van der Waals surface area contributed by atoms with Gasteiger partial charge in [0.15, 0.2) is 17.8 Å². The Morgan fingerprint density at radius 1 is 1.37 bits per heavy atom. The summed E-state index contributed by atoms with van der Waals surface area (Å²) in [7, 11) is 1.37. The van der Waals surface area contributed by atoms with Gasteiger partial charge < -0.3 is 14.6 Å². The molecule has 1 aromatic rings. The highest BCUT2D eigenvalue weighted by Crippen LogP contribution is 2.33. The van der Waals surface area contributed by atoms with E-state index in [0.717, 1.165) is 0 Å². The third-order valence-corrected chi connectivity index (χ3v) is 2.15. The number of amides is 1. The van der Waals surface area contributed by atoms with E-state index in [1.807, 2.05) is 0 Å². The van der Waals surface area contributed by atoms with E-state index < -0.39 is 11.7 Å². The summed E-state index contributed by atoms with van der Waals surface area (Å²) in [6.07, 6.45) is -0.273. The predicted molar refractivity (Wildman–Crippen MR) is 69.9 cm³/mol. The number of benzene rings is 1. The first kappa shape index (κ1) is 14.8. The Morgan fingerprint density at radius 3 is 2.47 bits per heavy atom. The van der Waals surface area contributed by atoms with Gasteiger partial charge in [-0.25, -0.2) is 4.79 Å². The molecule has 0 saturated heterocycles. The molecule has 1 rings (SSSR count). The van der Waals surface area contributed by atoms with Crippen molar-refractivity contribution in [3.63, 3.8) is 0 Å². The van der Waals surface area contributed by atoms with Crippen molar-refractivity contribution in [3.05, 3.63) is 17.7 Å². The van der Waals surface area contributed by atoms with E-state index in [2.05, 4.69) is 5.32 Å². The maximum absolute atomic E-state index is 11.6. The number of nitrogens with one attached hydrogen (secondary N) is 1. The van der Waals surface area contributed by atoms with E-state index >= 15 is 0 Å². The van der Waals surface area contributed by atoms with Gasteiger partial charge in [-0.05, 0) is 32.9 Å². The van der Waals surface area contributed by atoms with Gasteiger partial charge in [-0.1, -0.05) is 0 Å². The summed E-state index contributed by atoms with van der Waals surface area (Å²) in [4.78, 5) is 22.6. The van der Waals surface area contributed by atoms with Crippen LogP contribution in [0.4, 0.5) is 10.5 Å². The predicted octanol–water partition coefficient (Wildman–Crippen LogP) is 2.56. The lowest BCUT2D eigenvalue weighted by molar-refractivity contribution is 0.0636. The largest absolute Gasteiger partial charge is 0.504 e. The number of hydrogen-bond donors (Lipinski definition) is 2. The average molecular weight is 267 g/mol. The highest BCUT2D eigenvalue weighted by molar-refractivity contribution is 5.96. The normalized spacial score (nSPS) is 10.7. The van der Waals surface area contributed by atoms with Crippen LogP contribution in [0.1, 0.15) is 31.1 Å². The number of aldehydes is 1. The highest BCUT2D eigenvalue weighted by atomic mass is 16.6. The minimum Gasteiger partial charge on any atom is -0.504 e. The summed E-state index contributed by atoms with van der Waals surface area (Å²) in [6.45, 7) is 5.16. The van der Waals surface area contributed by atoms with Crippen molar-refractivity contribution in [2.24, 2.45) is 0 Å². The molecule has 0 aliphatic rings. The van der Waals surface area contributed by atoms with Gasteiger partial charge in [-0.2, -0.15) is 0 Å². The van der Waals surface area contributed by atoms with Gasteiger partial charge in [0.05, 0.1) is 18.4 Å². The summed E-state index contributed by atoms with van der Waals surface area (Å²) in [6, 6.07) is 2.89. The summed E-state index contributed by atoms with van der Waals surface area (Å²) < 4.78 is 9.93. The highest BCUT2D eigenvalue weighted by Gasteiger charge is 2.19. The Kier molecular flexibility index (Phi) is 4.37. The van der Waals surface area contributed by atoms with E-state index in [9.17, 15) is 14.7 Å². The minimum atomic E-state index is -0.708. The van der Waals surface area contributed by atoms with Crippen molar-refractivity contribution in [2.45, 2.75) is 26.4 Å². The molecule has 6 heteroatoms. The van der Waals surface area contributed by atoms with Crippen molar-refractivity contribution >= 4 is 18.1 Å². The molecule has 0 fully saturated rings. The van der Waals surface area contributed by atoms with E-state index in [0.29, 0.717) is 6.29 Å². The third-order valence-electron chi connectivity index (χ3n) is 2.15. The first-order valence-corrected chi connectivity index (χ1v) is 5.63. The second kappa shape index (κ2) is 5.60. The van der Waals surface area contributed by atoms with Crippen LogP contribution in [0.5, 0.6) is 11.5 Å². The van der Waals surface area contributed by atoms with Crippen LogP contribution in [-0.4, -0.2) is 30.2 Å².